The molecule has 2 heterocycles. The fourth-order valence-electron chi connectivity index (χ4n) is 1.11. The molecule has 78 valence electrons. The smallest absolute Gasteiger partial charge is 0.364 e. The molecular weight excluding hydrogens is 204 g/mol. The Morgan fingerprint density at radius 3 is 2.60 bits per heavy atom. The molecule has 7 heteroatoms. The number of hydrogen-bond donors (Lipinski definition) is 0. The molecule has 0 unspecified atom stereocenters. The summed E-state index contributed by atoms with van der Waals surface area (Å²) in [4.78, 5) is 38.0. The van der Waals surface area contributed by atoms with Gasteiger partial charge in [-0.1, -0.05) is 5.16 Å². The summed E-state index contributed by atoms with van der Waals surface area (Å²) in [6, 6.07) is 1.27. The van der Waals surface area contributed by atoms with Crippen LogP contribution in [0.5, 0.6) is 0 Å². The number of carbonyl (C=O) groups is 3. The summed E-state index contributed by atoms with van der Waals surface area (Å²) in [5.41, 5.74) is -0.0949. The Balaban J connectivity index is 2.06. The number of rotatable bonds is 2. The molecule has 7 nitrogen and oxygen atoms in total. The second-order valence-corrected chi connectivity index (χ2v) is 2.85. The lowest BCUT2D eigenvalue weighted by Gasteiger charge is -2.10. The van der Waals surface area contributed by atoms with Gasteiger partial charge in [0.15, 0.2) is 5.69 Å². The van der Waals surface area contributed by atoms with Gasteiger partial charge in [0, 0.05) is 18.9 Å². The third kappa shape index (κ3) is 1.71. The molecule has 0 saturated carbocycles. The monoisotopic (exact) mass is 210 g/mol. The molecule has 15 heavy (non-hydrogen) atoms. The quantitative estimate of drug-likeness (QED) is 0.633. The van der Waals surface area contributed by atoms with Gasteiger partial charge in [0.1, 0.15) is 6.26 Å². The minimum atomic E-state index is -0.896. The molecule has 0 atom stereocenters. The summed E-state index contributed by atoms with van der Waals surface area (Å²) in [5, 5.41) is 3.76. The summed E-state index contributed by atoms with van der Waals surface area (Å²) in [7, 11) is 0. The molecular formula is C8H6N2O5. The highest BCUT2D eigenvalue weighted by Crippen LogP contribution is 2.13. The first-order chi connectivity index (χ1) is 7.18. The summed E-state index contributed by atoms with van der Waals surface area (Å²) in [5.74, 6) is -1.96. The van der Waals surface area contributed by atoms with Gasteiger partial charge in [-0.25, -0.2) is 4.79 Å². The van der Waals surface area contributed by atoms with E-state index in [1.54, 1.807) is 0 Å². The summed E-state index contributed by atoms with van der Waals surface area (Å²) in [6.45, 7) is 0. The third-order valence-corrected chi connectivity index (χ3v) is 1.83. The van der Waals surface area contributed by atoms with Gasteiger partial charge in [-0.3, -0.25) is 9.59 Å². The van der Waals surface area contributed by atoms with Crippen LogP contribution in [0.4, 0.5) is 0 Å². The molecule has 1 aromatic rings. The van der Waals surface area contributed by atoms with Gasteiger partial charge in [0.2, 0.25) is 0 Å². The second kappa shape index (κ2) is 3.52. The maximum absolute atomic E-state index is 11.3. The SMILES string of the molecule is O=C(ON1C(=O)CCC1=O)c1ccon1. The van der Waals surface area contributed by atoms with Crippen molar-refractivity contribution in [3.8, 4) is 0 Å². The largest absolute Gasteiger partial charge is 0.385 e. The van der Waals surface area contributed by atoms with Crippen LogP contribution in [0, 0.1) is 0 Å². The highest BCUT2D eigenvalue weighted by molar-refractivity contribution is 6.02. The molecule has 1 fully saturated rings. The zero-order valence-electron chi connectivity index (χ0n) is 7.50. The first kappa shape index (κ1) is 9.38. The number of imide groups is 1. The molecule has 0 radical (unpaired) electrons. The van der Waals surface area contributed by atoms with Crippen LogP contribution in [0.3, 0.4) is 0 Å². The number of hydroxylamine groups is 2. The zero-order valence-corrected chi connectivity index (χ0v) is 7.50. The predicted molar refractivity (Wildman–Crippen MR) is 43.0 cm³/mol. The second-order valence-electron chi connectivity index (χ2n) is 2.85. The fourth-order valence-corrected chi connectivity index (χ4v) is 1.11. The molecule has 0 spiro atoms. The van der Waals surface area contributed by atoms with Crippen LogP contribution in [0.25, 0.3) is 0 Å². The summed E-state index contributed by atoms with van der Waals surface area (Å²) >= 11 is 0. The molecule has 2 rings (SSSR count). The number of amides is 2. The van der Waals surface area contributed by atoms with Crippen LogP contribution in [-0.2, 0) is 14.4 Å². The van der Waals surface area contributed by atoms with E-state index in [-0.39, 0.29) is 18.5 Å². The molecule has 1 saturated heterocycles. The number of aromatic nitrogens is 1. The van der Waals surface area contributed by atoms with Crippen molar-refractivity contribution in [3.63, 3.8) is 0 Å². The van der Waals surface area contributed by atoms with Gasteiger partial charge in [0.05, 0.1) is 0 Å². The van der Waals surface area contributed by atoms with Crippen LogP contribution in [0.1, 0.15) is 23.3 Å². The van der Waals surface area contributed by atoms with E-state index in [0.29, 0.717) is 5.06 Å². The highest BCUT2D eigenvalue weighted by Gasteiger charge is 2.33. The topological polar surface area (TPSA) is 89.7 Å². The Bertz CT molecular complexity index is 395. The Morgan fingerprint density at radius 2 is 2.07 bits per heavy atom. The number of nitrogens with zero attached hydrogens (tertiary/aromatic N) is 2. The Kier molecular flexibility index (Phi) is 2.20. The highest BCUT2D eigenvalue weighted by atomic mass is 16.7. The third-order valence-electron chi connectivity index (χ3n) is 1.83. The van der Waals surface area contributed by atoms with Crippen LogP contribution >= 0.6 is 0 Å². The average molecular weight is 210 g/mol. The van der Waals surface area contributed by atoms with E-state index < -0.39 is 17.8 Å². The van der Waals surface area contributed by atoms with Gasteiger partial charge in [-0.05, 0) is 0 Å². The van der Waals surface area contributed by atoms with E-state index in [1.807, 2.05) is 0 Å². The summed E-state index contributed by atoms with van der Waals surface area (Å²) in [6.07, 6.45) is 1.31. The van der Waals surface area contributed by atoms with Crippen molar-refractivity contribution in [1.82, 2.24) is 10.2 Å². The molecule has 0 bridgehead atoms. The Morgan fingerprint density at radius 1 is 1.40 bits per heavy atom. The molecule has 1 aromatic heterocycles. The lowest BCUT2D eigenvalue weighted by atomic mass is 10.4. The van der Waals surface area contributed by atoms with Gasteiger partial charge >= 0.3 is 5.97 Å². The van der Waals surface area contributed by atoms with E-state index in [1.165, 1.54) is 12.3 Å². The van der Waals surface area contributed by atoms with Gasteiger partial charge < -0.3 is 9.36 Å². The van der Waals surface area contributed by atoms with Crippen molar-refractivity contribution in [2.75, 3.05) is 0 Å². The summed E-state index contributed by atoms with van der Waals surface area (Å²) < 4.78 is 4.41. The predicted octanol–water partition coefficient (Wildman–Crippen LogP) is -0.105. The van der Waals surface area contributed by atoms with E-state index in [2.05, 4.69) is 14.5 Å². The van der Waals surface area contributed by atoms with E-state index in [9.17, 15) is 14.4 Å². The van der Waals surface area contributed by atoms with Crippen molar-refractivity contribution in [1.29, 1.82) is 0 Å². The molecule has 0 aromatic carbocycles. The number of carbonyl (C=O) groups excluding carboxylic acids is 3. The van der Waals surface area contributed by atoms with Crippen molar-refractivity contribution in [2.45, 2.75) is 12.8 Å². The average Bonchev–Trinajstić information content (AvgIpc) is 2.82. The lowest BCUT2D eigenvalue weighted by Crippen LogP contribution is -2.32. The normalized spacial score (nSPS) is 15.9. The minimum Gasteiger partial charge on any atom is -0.364 e. The van der Waals surface area contributed by atoms with Crippen LogP contribution in [-0.4, -0.2) is 28.0 Å². The molecule has 1 aliphatic rings. The first-order valence-corrected chi connectivity index (χ1v) is 4.17. The van der Waals surface area contributed by atoms with E-state index in [4.69, 9.17) is 0 Å². The van der Waals surface area contributed by atoms with Gasteiger partial charge in [-0.15, -0.1) is 5.06 Å². The number of hydrogen-bond acceptors (Lipinski definition) is 6. The van der Waals surface area contributed by atoms with E-state index >= 15 is 0 Å². The van der Waals surface area contributed by atoms with Crippen LogP contribution in [0.2, 0.25) is 0 Å². The zero-order chi connectivity index (χ0) is 10.8. The van der Waals surface area contributed by atoms with Crippen molar-refractivity contribution in [2.24, 2.45) is 0 Å². The maximum atomic E-state index is 11.3. The standard InChI is InChI=1S/C8H6N2O5/c11-6-1-2-7(12)10(6)15-8(13)5-3-4-14-9-5/h3-4H,1-2H2. The van der Waals surface area contributed by atoms with Crippen LogP contribution < -0.4 is 0 Å². The van der Waals surface area contributed by atoms with Gasteiger partial charge in [-0.2, -0.15) is 0 Å². The van der Waals surface area contributed by atoms with Crippen molar-refractivity contribution in [3.05, 3.63) is 18.0 Å². The van der Waals surface area contributed by atoms with Crippen molar-refractivity contribution >= 4 is 17.8 Å². The minimum absolute atomic E-state index is 0.0604. The van der Waals surface area contributed by atoms with Gasteiger partial charge in [0.25, 0.3) is 11.8 Å². The fraction of sp³-hybridized carbons (Fsp3) is 0.250. The van der Waals surface area contributed by atoms with E-state index in [0.717, 1.165) is 0 Å². The lowest BCUT2D eigenvalue weighted by molar-refractivity contribution is -0.172. The Labute approximate surface area is 83.5 Å². The maximum Gasteiger partial charge on any atom is 0.385 e. The van der Waals surface area contributed by atoms with Crippen molar-refractivity contribution < 1.29 is 23.7 Å². The molecule has 1 aliphatic heterocycles. The Hall–Kier alpha value is -2.18. The molecule has 2 amide bonds. The molecule has 0 N–H and O–H groups in total. The first-order valence-electron chi connectivity index (χ1n) is 4.17. The van der Waals surface area contributed by atoms with Crippen LogP contribution in [0.15, 0.2) is 16.9 Å². The molecule has 0 aliphatic carbocycles.